The van der Waals surface area contributed by atoms with E-state index >= 15 is 0 Å². The predicted molar refractivity (Wildman–Crippen MR) is 61.0 cm³/mol. The molecule has 0 saturated heterocycles. The van der Waals surface area contributed by atoms with E-state index in [0.29, 0.717) is 19.6 Å². The fraction of sp³-hybridized carbons (Fsp3) is 1.00. The Morgan fingerprint density at radius 2 is 1.86 bits per heavy atom. The molecule has 0 aliphatic rings. The minimum Gasteiger partial charge on any atom is -0.318 e. The van der Waals surface area contributed by atoms with Crippen molar-refractivity contribution in [2.75, 3.05) is 33.7 Å². The Hall–Kier alpha value is 0.120. The van der Waals surface area contributed by atoms with Crippen LogP contribution in [0.25, 0.3) is 0 Å². The van der Waals surface area contributed by atoms with Gasteiger partial charge in [0.15, 0.2) is 0 Å². The third-order valence-electron chi connectivity index (χ3n) is 1.61. The van der Waals surface area contributed by atoms with Crippen LogP contribution in [0.4, 0.5) is 0 Å². The molecule has 14 heavy (non-hydrogen) atoms. The lowest BCUT2D eigenvalue weighted by molar-refractivity contribution is 0.457. The molecular formula is C7H20ClN3O2S. The lowest BCUT2D eigenvalue weighted by Crippen LogP contribution is -2.40. The molecule has 0 fully saturated rings. The van der Waals surface area contributed by atoms with Crippen LogP contribution in [0.5, 0.6) is 0 Å². The molecule has 0 heterocycles. The molecule has 0 bridgehead atoms. The van der Waals surface area contributed by atoms with Gasteiger partial charge in [0, 0.05) is 26.7 Å². The molecule has 88 valence electrons. The smallest absolute Gasteiger partial charge is 0.279 e. The van der Waals surface area contributed by atoms with Crippen molar-refractivity contribution in [2.24, 2.45) is 0 Å². The van der Waals surface area contributed by atoms with Gasteiger partial charge >= 0.3 is 0 Å². The van der Waals surface area contributed by atoms with E-state index in [9.17, 15) is 8.42 Å². The fourth-order valence-corrected chi connectivity index (χ4v) is 1.85. The van der Waals surface area contributed by atoms with Gasteiger partial charge in [-0.05, 0) is 13.5 Å². The number of likely N-dealkylation sites (N-methyl/N-ethyl adjacent to an activating group) is 1. The monoisotopic (exact) mass is 245 g/mol. The summed E-state index contributed by atoms with van der Waals surface area (Å²) in [6.45, 7) is 3.56. The van der Waals surface area contributed by atoms with Crippen molar-refractivity contribution >= 4 is 22.6 Å². The molecule has 2 N–H and O–H groups in total. The molecule has 0 aliphatic heterocycles. The van der Waals surface area contributed by atoms with Crippen molar-refractivity contribution in [1.82, 2.24) is 14.3 Å². The van der Waals surface area contributed by atoms with Crippen molar-refractivity contribution in [3.63, 3.8) is 0 Å². The number of hydrogen-bond donors (Lipinski definition) is 2. The maximum absolute atomic E-state index is 11.4. The highest BCUT2D eigenvalue weighted by Crippen LogP contribution is 1.93. The zero-order valence-electron chi connectivity index (χ0n) is 8.91. The van der Waals surface area contributed by atoms with E-state index in [1.54, 1.807) is 14.1 Å². The first-order chi connectivity index (χ1) is 6.04. The van der Waals surface area contributed by atoms with Crippen LogP contribution in [-0.4, -0.2) is 46.5 Å². The predicted octanol–water partition coefficient (Wildman–Crippen LogP) is -0.196. The second kappa shape index (κ2) is 8.43. The SMILES string of the molecule is CCCN(C)S(=O)(=O)NCCNC.Cl. The van der Waals surface area contributed by atoms with Crippen molar-refractivity contribution in [1.29, 1.82) is 0 Å². The van der Waals surface area contributed by atoms with Crippen molar-refractivity contribution in [3.8, 4) is 0 Å². The molecule has 7 heteroatoms. The second-order valence-electron chi connectivity index (χ2n) is 2.82. The van der Waals surface area contributed by atoms with E-state index in [1.807, 2.05) is 6.92 Å². The molecule has 5 nitrogen and oxygen atoms in total. The Bertz CT molecular complexity index is 221. The molecule has 0 aromatic heterocycles. The van der Waals surface area contributed by atoms with Gasteiger partial charge in [-0.15, -0.1) is 12.4 Å². The maximum atomic E-state index is 11.4. The average molecular weight is 246 g/mol. The summed E-state index contributed by atoms with van der Waals surface area (Å²) in [4.78, 5) is 0. The van der Waals surface area contributed by atoms with E-state index in [0.717, 1.165) is 6.42 Å². The third-order valence-corrected chi connectivity index (χ3v) is 3.18. The Kier molecular flexibility index (Phi) is 9.96. The van der Waals surface area contributed by atoms with Gasteiger partial charge in [0.25, 0.3) is 10.2 Å². The van der Waals surface area contributed by atoms with E-state index in [4.69, 9.17) is 0 Å². The topological polar surface area (TPSA) is 61.4 Å². The summed E-state index contributed by atoms with van der Waals surface area (Å²) in [6.07, 6.45) is 0.823. The first-order valence-electron chi connectivity index (χ1n) is 4.40. The van der Waals surface area contributed by atoms with Gasteiger partial charge in [0.1, 0.15) is 0 Å². The fourth-order valence-electron chi connectivity index (χ4n) is 0.850. The van der Waals surface area contributed by atoms with Gasteiger partial charge in [-0.2, -0.15) is 12.7 Å². The summed E-state index contributed by atoms with van der Waals surface area (Å²) in [5, 5.41) is 2.87. The van der Waals surface area contributed by atoms with Crippen LogP contribution < -0.4 is 10.0 Å². The first kappa shape index (κ1) is 16.5. The molecule has 0 aromatic carbocycles. The molecule has 0 rings (SSSR count). The summed E-state index contributed by atoms with van der Waals surface area (Å²) < 4.78 is 26.6. The summed E-state index contributed by atoms with van der Waals surface area (Å²) in [5.41, 5.74) is 0. The molecule has 0 atom stereocenters. The minimum absolute atomic E-state index is 0. The van der Waals surface area contributed by atoms with E-state index < -0.39 is 10.2 Å². The van der Waals surface area contributed by atoms with Crippen molar-refractivity contribution in [3.05, 3.63) is 0 Å². The van der Waals surface area contributed by atoms with Crippen LogP contribution in [0.2, 0.25) is 0 Å². The average Bonchev–Trinajstić information content (AvgIpc) is 2.05. The summed E-state index contributed by atoms with van der Waals surface area (Å²) in [6, 6.07) is 0. The normalized spacial score (nSPS) is 11.4. The Balaban J connectivity index is 0. The van der Waals surface area contributed by atoms with E-state index in [1.165, 1.54) is 4.31 Å². The number of rotatable bonds is 7. The summed E-state index contributed by atoms with van der Waals surface area (Å²) >= 11 is 0. The second-order valence-corrected chi connectivity index (χ2v) is 4.69. The Morgan fingerprint density at radius 1 is 1.29 bits per heavy atom. The molecule has 0 saturated carbocycles. The lowest BCUT2D eigenvalue weighted by atomic mass is 10.5. The van der Waals surface area contributed by atoms with Crippen LogP contribution >= 0.6 is 12.4 Å². The van der Waals surface area contributed by atoms with Crippen LogP contribution in [-0.2, 0) is 10.2 Å². The molecular weight excluding hydrogens is 226 g/mol. The zero-order valence-corrected chi connectivity index (χ0v) is 10.5. The maximum Gasteiger partial charge on any atom is 0.279 e. The molecule has 0 spiro atoms. The highest BCUT2D eigenvalue weighted by atomic mass is 35.5. The van der Waals surface area contributed by atoms with Crippen molar-refractivity contribution < 1.29 is 8.42 Å². The highest BCUT2D eigenvalue weighted by molar-refractivity contribution is 7.87. The zero-order chi connectivity index (χ0) is 10.3. The first-order valence-corrected chi connectivity index (χ1v) is 5.84. The molecule has 0 aliphatic carbocycles. The number of nitrogens with zero attached hydrogens (tertiary/aromatic N) is 1. The van der Waals surface area contributed by atoms with Crippen LogP contribution in [0.1, 0.15) is 13.3 Å². The summed E-state index contributed by atoms with van der Waals surface area (Å²) in [5.74, 6) is 0. The van der Waals surface area contributed by atoms with Crippen LogP contribution in [0.3, 0.4) is 0 Å². The van der Waals surface area contributed by atoms with Gasteiger partial charge in [0.05, 0.1) is 0 Å². The standard InChI is InChI=1S/C7H19N3O2S.ClH/c1-4-7-10(3)13(11,12)9-6-5-8-2;/h8-9H,4-7H2,1-3H3;1H. The van der Waals surface area contributed by atoms with Gasteiger partial charge in [-0.1, -0.05) is 6.92 Å². The molecule has 0 unspecified atom stereocenters. The van der Waals surface area contributed by atoms with E-state index in [-0.39, 0.29) is 12.4 Å². The van der Waals surface area contributed by atoms with Gasteiger partial charge in [0.2, 0.25) is 0 Å². The number of halogens is 1. The van der Waals surface area contributed by atoms with Gasteiger partial charge < -0.3 is 5.32 Å². The molecule has 0 amide bonds. The Morgan fingerprint density at radius 3 is 2.29 bits per heavy atom. The van der Waals surface area contributed by atoms with Crippen LogP contribution in [0.15, 0.2) is 0 Å². The van der Waals surface area contributed by atoms with Gasteiger partial charge in [-0.3, -0.25) is 0 Å². The minimum atomic E-state index is -3.25. The lowest BCUT2D eigenvalue weighted by Gasteiger charge is -2.16. The largest absolute Gasteiger partial charge is 0.318 e. The molecule has 0 radical (unpaired) electrons. The summed E-state index contributed by atoms with van der Waals surface area (Å²) in [7, 11) is 0.105. The van der Waals surface area contributed by atoms with Crippen LogP contribution in [0, 0.1) is 0 Å². The van der Waals surface area contributed by atoms with Crippen molar-refractivity contribution in [2.45, 2.75) is 13.3 Å². The quantitative estimate of drug-likeness (QED) is 0.611. The van der Waals surface area contributed by atoms with Gasteiger partial charge in [-0.25, -0.2) is 4.72 Å². The number of hydrogen-bond acceptors (Lipinski definition) is 3. The Labute approximate surface area is 92.8 Å². The molecule has 0 aromatic rings. The third kappa shape index (κ3) is 6.56. The highest BCUT2D eigenvalue weighted by Gasteiger charge is 2.14. The number of nitrogens with one attached hydrogen (secondary N) is 2. The van der Waals surface area contributed by atoms with E-state index in [2.05, 4.69) is 10.0 Å².